The molecular formula is C8H13O2P. The Morgan fingerprint density at radius 1 is 1.36 bits per heavy atom. The topological polar surface area (TPSA) is 29.5 Å². The van der Waals surface area contributed by atoms with E-state index in [0.717, 1.165) is 6.61 Å². The molecule has 0 fully saturated rings. The molecule has 0 aliphatic heterocycles. The van der Waals surface area contributed by atoms with Crippen molar-refractivity contribution in [3.05, 3.63) is 30.3 Å². The summed E-state index contributed by atoms with van der Waals surface area (Å²) in [7, 11) is 2.16. The molecule has 1 N–H and O–H groups in total. The molecule has 3 heteroatoms. The average Bonchev–Trinajstić information content (AvgIpc) is 2.07. The zero-order chi connectivity index (χ0) is 8.53. The van der Waals surface area contributed by atoms with Gasteiger partial charge >= 0.3 is 0 Å². The number of benzene rings is 1. The summed E-state index contributed by atoms with van der Waals surface area (Å²) < 4.78 is 4.46. The van der Waals surface area contributed by atoms with Gasteiger partial charge in [-0.3, -0.25) is 0 Å². The van der Waals surface area contributed by atoms with E-state index in [4.69, 9.17) is 5.11 Å². The first-order valence-electron chi connectivity index (χ1n) is 3.37. The summed E-state index contributed by atoms with van der Waals surface area (Å²) in [5, 5.41) is 8.63. The second-order valence-corrected chi connectivity index (χ2v) is 2.12. The van der Waals surface area contributed by atoms with Crippen LogP contribution in [0.2, 0.25) is 0 Å². The smallest absolute Gasteiger partial charge is 0.115 e. The van der Waals surface area contributed by atoms with E-state index in [1.54, 1.807) is 24.3 Å². The minimum atomic E-state index is 0.322. The van der Waals surface area contributed by atoms with Crippen LogP contribution in [0.4, 0.5) is 0 Å². The first kappa shape index (κ1) is 10.4. The molecule has 1 aromatic carbocycles. The lowest BCUT2D eigenvalue weighted by atomic mass is 10.3. The molecule has 0 bridgehead atoms. The summed E-state index contributed by atoms with van der Waals surface area (Å²) in [6.07, 6.45) is 0. The van der Waals surface area contributed by atoms with Crippen LogP contribution in [-0.4, -0.2) is 11.7 Å². The zero-order valence-electron chi connectivity index (χ0n) is 6.53. The van der Waals surface area contributed by atoms with Crippen molar-refractivity contribution in [1.82, 2.24) is 0 Å². The van der Waals surface area contributed by atoms with Crippen LogP contribution in [0.5, 0.6) is 5.75 Å². The van der Waals surface area contributed by atoms with Crippen LogP contribution in [0.25, 0.3) is 0 Å². The molecular weight excluding hydrogens is 159 g/mol. The van der Waals surface area contributed by atoms with Gasteiger partial charge in [0, 0.05) is 16.1 Å². The van der Waals surface area contributed by atoms with Crippen molar-refractivity contribution >= 4 is 9.47 Å². The summed E-state index contributed by atoms with van der Waals surface area (Å²) >= 11 is 0. The minimum Gasteiger partial charge on any atom is -0.508 e. The van der Waals surface area contributed by atoms with Gasteiger partial charge in [-0.05, 0) is 19.1 Å². The molecule has 0 radical (unpaired) electrons. The molecule has 11 heavy (non-hydrogen) atoms. The van der Waals surface area contributed by atoms with Gasteiger partial charge in [-0.25, -0.2) is 0 Å². The predicted octanol–water partition coefficient (Wildman–Crippen LogP) is 2.21. The number of hydrogen-bond acceptors (Lipinski definition) is 2. The molecule has 0 heterocycles. The van der Waals surface area contributed by atoms with Crippen LogP contribution in [0.3, 0.4) is 0 Å². The Bertz CT molecular complexity index is 163. The van der Waals surface area contributed by atoms with Crippen LogP contribution >= 0.6 is 9.47 Å². The quantitative estimate of drug-likeness (QED) is 0.658. The lowest BCUT2D eigenvalue weighted by Gasteiger charge is -1.82. The van der Waals surface area contributed by atoms with Crippen molar-refractivity contribution in [3.63, 3.8) is 0 Å². The van der Waals surface area contributed by atoms with Gasteiger partial charge in [-0.1, -0.05) is 18.2 Å². The number of aromatic hydroxyl groups is 1. The van der Waals surface area contributed by atoms with E-state index in [-0.39, 0.29) is 0 Å². The molecule has 0 saturated heterocycles. The molecule has 1 unspecified atom stereocenters. The SMILES string of the molecule is CCOP.Oc1ccccc1. The molecule has 1 atom stereocenters. The molecule has 0 amide bonds. The van der Waals surface area contributed by atoms with Gasteiger partial charge in [0.15, 0.2) is 0 Å². The molecule has 1 aromatic rings. The zero-order valence-corrected chi connectivity index (χ0v) is 7.68. The summed E-state index contributed by atoms with van der Waals surface area (Å²) in [6, 6.07) is 8.71. The van der Waals surface area contributed by atoms with Crippen LogP contribution in [0, 0.1) is 0 Å². The van der Waals surface area contributed by atoms with Gasteiger partial charge in [-0.2, -0.15) is 0 Å². The molecule has 2 nitrogen and oxygen atoms in total. The normalized spacial score (nSPS) is 8.18. The first-order valence-corrected chi connectivity index (χ1v) is 3.84. The fourth-order valence-corrected chi connectivity index (χ4v) is 0.428. The lowest BCUT2D eigenvalue weighted by Crippen LogP contribution is -1.63. The standard InChI is InChI=1S/C6H6O.C2H7OP/c7-6-4-2-1-3-5-6;1-2-3-4/h1-5,7H;2,4H2,1H3. The summed E-state index contributed by atoms with van der Waals surface area (Å²) in [5.74, 6) is 0.322. The van der Waals surface area contributed by atoms with E-state index in [1.165, 1.54) is 0 Å². The van der Waals surface area contributed by atoms with Gasteiger partial charge in [0.05, 0.1) is 0 Å². The van der Waals surface area contributed by atoms with Crippen LogP contribution in [0.1, 0.15) is 6.92 Å². The average molecular weight is 172 g/mol. The molecule has 0 aromatic heterocycles. The number of phenols is 1. The van der Waals surface area contributed by atoms with E-state index >= 15 is 0 Å². The van der Waals surface area contributed by atoms with Crippen molar-refractivity contribution in [3.8, 4) is 5.75 Å². The maximum Gasteiger partial charge on any atom is 0.115 e. The van der Waals surface area contributed by atoms with Crippen LogP contribution in [-0.2, 0) is 4.52 Å². The molecule has 0 saturated carbocycles. The van der Waals surface area contributed by atoms with Gasteiger partial charge in [-0.15, -0.1) is 0 Å². The maximum atomic E-state index is 8.63. The highest BCUT2D eigenvalue weighted by molar-refractivity contribution is 7.09. The monoisotopic (exact) mass is 172 g/mol. The molecule has 0 aliphatic carbocycles. The highest BCUT2D eigenvalue weighted by Crippen LogP contribution is 2.02. The van der Waals surface area contributed by atoms with E-state index in [9.17, 15) is 0 Å². The fourth-order valence-electron chi connectivity index (χ4n) is 0.428. The van der Waals surface area contributed by atoms with E-state index in [1.807, 2.05) is 13.0 Å². The highest BCUT2D eigenvalue weighted by Gasteiger charge is 1.74. The summed E-state index contributed by atoms with van der Waals surface area (Å²) in [4.78, 5) is 0. The maximum absolute atomic E-state index is 8.63. The summed E-state index contributed by atoms with van der Waals surface area (Å²) in [6.45, 7) is 2.72. The second kappa shape index (κ2) is 7.52. The third-order valence-electron chi connectivity index (χ3n) is 0.923. The Morgan fingerprint density at radius 3 is 2.00 bits per heavy atom. The molecule has 0 spiro atoms. The van der Waals surface area contributed by atoms with Gasteiger partial charge in [0.1, 0.15) is 5.75 Å². The second-order valence-electron chi connectivity index (χ2n) is 1.79. The molecule has 0 aliphatic rings. The van der Waals surface area contributed by atoms with E-state index in [2.05, 4.69) is 14.0 Å². The van der Waals surface area contributed by atoms with Crippen molar-refractivity contribution < 1.29 is 9.63 Å². The van der Waals surface area contributed by atoms with Crippen LogP contribution in [0.15, 0.2) is 30.3 Å². The highest BCUT2D eigenvalue weighted by atomic mass is 31.0. The van der Waals surface area contributed by atoms with Crippen molar-refractivity contribution in [2.24, 2.45) is 0 Å². The fraction of sp³-hybridized carbons (Fsp3) is 0.250. The van der Waals surface area contributed by atoms with E-state index in [0.29, 0.717) is 5.75 Å². The lowest BCUT2D eigenvalue weighted by molar-refractivity contribution is 0.400. The van der Waals surface area contributed by atoms with Crippen molar-refractivity contribution in [2.45, 2.75) is 6.92 Å². The Morgan fingerprint density at radius 2 is 1.82 bits per heavy atom. The number of para-hydroxylation sites is 1. The number of hydrogen-bond donors (Lipinski definition) is 1. The Hall–Kier alpha value is -0.590. The van der Waals surface area contributed by atoms with Crippen molar-refractivity contribution in [1.29, 1.82) is 0 Å². The Kier molecular flexibility index (Phi) is 7.11. The Balaban J connectivity index is 0.000000218. The Labute approximate surface area is 69.5 Å². The van der Waals surface area contributed by atoms with Crippen LogP contribution < -0.4 is 0 Å². The van der Waals surface area contributed by atoms with Crippen molar-refractivity contribution in [2.75, 3.05) is 6.61 Å². The summed E-state index contributed by atoms with van der Waals surface area (Å²) in [5.41, 5.74) is 0. The molecule has 62 valence electrons. The largest absolute Gasteiger partial charge is 0.508 e. The number of rotatable bonds is 1. The van der Waals surface area contributed by atoms with Gasteiger partial charge in [0.25, 0.3) is 0 Å². The van der Waals surface area contributed by atoms with E-state index < -0.39 is 0 Å². The van der Waals surface area contributed by atoms with Gasteiger partial charge in [0.2, 0.25) is 0 Å². The first-order chi connectivity index (χ1) is 5.31. The third-order valence-corrected chi connectivity index (χ3v) is 1.26. The third kappa shape index (κ3) is 7.31. The van der Waals surface area contributed by atoms with Gasteiger partial charge < -0.3 is 9.63 Å². The number of phenolic OH excluding ortho intramolecular Hbond substituents is 1. The minimum absolute atomic E-state index is 0.322. The molecule has 1 rings (SSSR count). The predicted molar refractivity (Wildman–Crippen MR) is 49.4 cm³/mol.